The van der Waals surface area contributed by atoms with Gasteiger partial charge < -0.3 is 11.5 Å². The molecular formula is C7H6ClN3. The van der Waals surface area contributed by atoms with Crippen molar-refractivity contribution in [3.8, 4) is 6.07 Å². The monoisotopic (exact) mass is 167 g/mol. The number of nitrogens with zero attached hydrogens (tertiary/aromatic N) is 1. The molecule has 0 fully saturated rings. The van der Waals surface area contributed by atoms with Crippen molar-refractivity contribution in [3.05, 3.63) is 22.7 Å². The van der Waals surface area contributed by atoms with Gasteiger partial charge in [0.2, 0.25) is 0 Å². The van der Waals surface area contributed by atoms with E-state index < -0.39 is 0 Å². The van der Waals surface area contributed by atoms with E-state index in [0.29, 0.717) is 16.4 Å². The minimum Gasteiger partial charge on any atom is -0.398 e. The third kappa shape index (κ3) is 1.36. The Morgan fingerprint density at radius 2 is 1.73 bits per heavy atom. The van der Waals surface area contributed by atoms with Crippen LogP contribution in [0, 0.1) is 11.3 Å². The third-order valence-electron chi connectivity index (χ3n) is 1.28. The lowest BCUT2D eigenvalue weighted by Gasteiger charge is -2.01. The molecule has 0 bridgehead atoms. The van der Waals surface area contributed by atoms with Gasteiger partial charge in [-0.2, -0.15) is 5.26 Å². The topological polar surface area (TPSA) is 75.8 Å². The van der Waals surface area contributed by atoms with E-state index in [2.05, 4.69) is 0 Å². The normalized spacial score (nSPS) is 9.09. The molecule has 0 radical (unpaired) electrons. The standard InChI is InChI=1S/C7H6ClN3/c8-4-1-6(10)5(3-9)7(11)2-4/h1-2H,10-11H2. The Morgan fingerprint density at radius 3 is 2.09 bits per heavy atom. The zero-order chi connectivity index (χ0) is 8.43. The number of nitrogens with two attached hydrogens (primary N) is 2. The van der Waals surface area contributed by atoms with E-state index in [1.165, 1.54) is 12.1 Å². The van der Waals surface area contributed by atoms with Gasteiger partial charge in [-0.15, -0.1) is 0 Å². The minimum absolute atomic E-state index is 0.286. The van der Waals surface area contributed by atoms with E-state index in [9.17, 15) is 0 Å². The summed E-state index contributed by atoms with van der Waals surface area (Å²) in [4.78, 5) is 0. The molecule has 4 heteroatoms. The molecule has 1 aromatic rings. The predicted octanol–water partition coefficient (Wildman–Crippen LogP) is 1.38. The summed E-state index contributed by atoms with van der Waals surface area (Å²) in [6.45, 7) is 0. The first kappa shape index (κ1) is 7.70. The van der Waals surface area contributed by atoms with Gasteiger partial charge in [-0.1, -0.05) is 11.6 Å². The summed E-state index contributed by atoms with van der Waals surface area (Å²) in [7, 11) is 0. The Morgan fingerprint density at radius 1 is 1.27 bits per heavy atom. The molecule has 0 aliphatic rings. The molecule has 4 N–H and O–H groups in total. The molecule has 0 amide bonds. The number of nitrogen functional groups attached to an aromatic ring is 2. The van der Waals surface area contributed by atoms with Crippen LogP contribution in [0.5, 0.6) is 0 Å². The largest absolute Gasteiger partial charge is 0.398 e. The van der Waals surface area contributed by atoms with Crippen molar-refractivity contribution in [3.63, 3.8) is 0 Å². The molecule has 0 spiro atoms. The summed E-state index contributed by atoms with van der Waals surface area (Å²) in [6.07, 6.45) is 0. The third-order valence-corrected chi connectivity index (χ3v) is 1.49. The molecule has 11 heavy (non-hydrogen) atoms. The van der Waals surface area contributed by atoms with Gasteiger partial charge in [0.05, 0.1) is 16.9 Å². The van der Waals surface area contributed by atoms with Crippen LogP contribution in [-0.2, 0) is 0 Å². The van der Waals surface area contributed by atoms with Crippen LogP contribution in [0.25, 0.3) is 0 Å². The molecule has 0 aromatic heterocycles. The van der Waals surface area contributed by atoms with Gasteiger partial charge in [0, 0.05) is 5.02 Å². The Balaban J connectivity index is 3.40. The summed E-state index contributed by atoms with van der Waals surface area (Å²) in [5.41, 5.74) is 11.8. The van der Waals surface area contributed by atoms with Crippen molar-refractivity contribution in [2.24, 2.45) is 0 Å². The first-order chi connectivity index (χ1) is 5.15. The number of benzene rings is 1. The zero-order valence-corrected chi connectivity index (χ0v) is 6.39. The molecule has 1 aromatic carbocycles. The first-order valence-corrected chi connectivity index (χ1v) is 3.27. The van der Waals surface area contributed by atoms with Gasteiger partial charge in [-0.25, -0.2) is 0 Å². The summed E-state index contributed by atoms with van der Waals surface area (Å²) in [5.74, 6) is 0. The summed E-state index contributed by atoms with van der Waals surface area (Å²) in [5, 5.41) is 8.98. The maximum absolute atomic E-state index is 8.54. The molecule has 0 atom stereocenters. The maximum Gasteiger partial charge on any atom is 0.103 e. The molecule has 0 aliphatic heterocycles. The number of anilines is 2. The molecule has 1 rings (SSSR count). The van der Waals surface area contributed by atoms with Crippen LogP contribution in [0.2, 0.25) is 5.02 Å². The van der Waals surface area contributed by atoms with E-state index in [1.54, 1.807) is 0 Å². The molecular weight excluding hydrogens is 162 g/mol. The second-order valence-corrected chi connectivity index (χ2v) is 2.51. The highest BCUT2D eigenvalue weighted by Crippen LogP contribution is 2.23. The van der Waals surface area contributed by atoms with E-state index >= 15 is 0 Å². The van der Waals surface area contributed by atoms with Crippen LogP contribution >= 0.6 is 11.6 Å². The molecule has 0 unspecified atom stereocenters. The van der Waals surface area contributed by atoms with E-state index in [1.807, 2.05) is 6.07 Å². The number of halogens is 1. The van der Waals surface area contributed by atoms with Gasteiger partial charge in [0.1, 0.15) is 6.07 Å². The van der Waals surface area contributed by atoms with Crippen molar-refractivity contribution in [2.45, 2.75) is 0 Å². The molecule has 3 nitrogen and oxygen atoms in total. The minimum atomic E-state index is 0.286. The molecule has 0 aliphatic carbocycles. The Labute approximate surface area is 69.2 Å². The average molecular weight is 168 g/mol. The lowest BCUT2D eigenvalue weighted by atomic mass is 10.1. The zero-order valence-electron chi connectivity index (χ0n) is 5.63. The second-order valence-electron chi connectivity index (χ2n) is 2.07. The molecule has 0 heterocycles. The summed E-state index contributed by atoms with van der Waals surface area (Å²) < 4.78 is 0. The van der Waals surface area contributed by atoms with Crippen molar-refractivity contribution in [2.75, 3.05) is 11.5 Å². The van der Waals surface area contributed by atoms with Crippen molar-refractivity contribution in [1.82, 2.24) is 0 Å². The highest BCUT2D eigenvalue weighted by Gasteiger charge is 2.03. The average Bonchev–Trinajstić information content (AvgIpc) is 1.85. The van der Waals surface area contributed by atoms with Crippen molar-refractivity contribution in [1.29, 1.82) is 5.26 Å². The molecule has 0 saturated heterocycles. The maximum atomic E-state index is 8.54. The second kappa shape index (κ2) is 2.69. The van der Waals surface area contributed by atoms with E-state index in [-0.39, 0.29) is 5.56 Å². The Hall–Kier alpha value is -1.40. The fraction of sp³-hybridized carbons (Fsp3) is 0. The van der Waals surface area contributed by atoms with Crippen molar-refractivity contribution >= 4 is 23.0 Å². The van der Waals surface area contributed by atoms with Crippen molar-refractivity contribution < 1.29 is 0 Å². The molecule has 0 saturated carbocycles. The lowest BCUT2D eigenvalue weighted by molar-refractivity contribution is 1.48. The van der Waals surface area contributed by atoms with Gasteiger partial charge in [0.25, 0.3) is 0 Å². The number of hydrogen-bond acceptors (Lipinski definition) is 3. The fourth-order valence-corrected chi connectivity index (χ4v) is 1.01. The SMILES string of the molecule is N#Cc1c(N)cc(Cl)cc1N. The number of rotatable bonds is 0. The number of nitriles is 1. The molecule has 56 valence electrons. The van der Waals surface area contributed by atoms with Gasteiger partial charge in [0.15, 0.2) is 0 Å². The van der Waals surface area contributed by atoms with Crippen LogP contribution in [-0.4, -0.2) is 0 Å². The van der Waals surface area contributed by atoms with Crippen LogP contribution < -0.4 is 11.5 Å². The van der Waals surface area contributed by atoms with E-state index in [0.717, 1.165) is 0 Å². The first-order valence-electron chi connectivity index (χ1n) is 2.89. The van der Waals surface area contributed by atoms with Gasteiger partial charge in [-0.3, -0.25) is 0 Å². The highest BCUT2D eigenvalue weighted by molar-refractivity contribution is 6.31. The quantitative estimate of drug-likeness (QED) is 0.573. The van der Waals surface area contributed by atoms with Crippen LogP contribution in [0.15, 0.2) is 12.1 Å². The van der Waals surface area contributed by atoms with Crippen LogP contribution in [0.3, 0.4) is 0 Å². The summed E-state index contributed by atoms with van der Waals surface area (Å²) >= 11 is 5.61. The van der Waals surface area contributed by atoms with Crippen LogP contribution in [0.4, 0.5) is 11.4 Å². The number of hydrogen-bond donors (Lipinski definition) is 2. The van der Waals surface area contributed by atoms with E-state index in [4.69, 9.17) is 28.3 Å². The lowest BCUT2D eigenvalue weighted by Crippen LogP contribution is -1.96. The highest BCUT2D eigenvalue weighted by atomic mass is 35.5. The van der Waals surface area contributed by atoms with Crippen LogP contribution in [0.1, 0.15) is 5.56 Å². The Bertz CT molecular complexity index is 304. The van der Waals surface area contributed by atoms with Gasteiger partial charge >= 0.3 is 0 Å². The van der Waals surface area contributed by atoms with Gasteiger partial charge in [-0.05, 0) is 12.1 Å². The summed E-state index contributed by atoms with van der Waals surface area (Å²) in [6, 6.07) is 4.88. The fourth-order valence-electron chi connectivity index (χ4n) is 0.779. The Kier molecular flexibility index (Phi) is 1.88. The predicted molar refractivity (Wildman–Crippen MR) is 45.0 cm³/mol. The smallest absolute Gasteiger partial charge is 0.103 e.